The maximum atomic E-state index is 12.4. The lowest BCUT2D eigenvalue weighted by Gasteiger charge is -2.17. The molecular formula is C18H23N3O2S. The van der Waals surface area contributed by atoms with E-state index in [1.54, 1.807) is 0 Å². The van der Waals surface area contributed by atoms with Crippen LogP contribution in [0.15, 0.2) is 46.3 Å². The third kappa shape index (κ3) is 5.23. The summed E-state index contributed by atoms with van der Waals surface area (Å²) in [7, 11) is 0. The fraction of sp³-hybridized carbons (Fsp3) is 0.389. The van der Waals surface area contributed by atoms with Gasteiger partial charge in [0.1, 0.15) is 0 Å². The summed E-state index contributed by atoms with van der Waals surface area (Å²) < 4.78 is 0. The van der Waals surface area contributed by atoms with Crippen molar-refractivity contribution >= 4 is 17.7 Å². The van der Waals surface area contributed by atoms with Crippen LogP contribution in [-0.4, -0.2) is 21.1 Å². The van der Waals surface area contributed by atoms with Crippen LogP contribution in [0, 0.1) is 0 Å². The van der Waals surface area contributed by atoms with Crippen LogP contribution in [0.1, 0.15) is 44.5 Å². The van der Waals surface area contributed by atoms with E-state index >= 15 is 0 Å². The van der Waals surface area contributed by atoms with Gasteiger partial charge in [-0.05, 0) is 25.8 Å². The molecule has 128 valence electrons. The second kappa shape index (κ2) is 8.68. The molecule has 24 heavy (non-hydrogen) atoms. The Morgan fingerprint density at radius 2 is 2.00 bits per heavy atom. The second-order valence-corrected chi connectivity index (χ2v) is 7.02. The van der Waals surface area contributed by atoms with Crippen LogP contribution >= 0.6 is 11.8 Å². The topological polar surface area (TPSA) is 74.8 Å². The highest BCUT2D eigenvalue weighted by atomic mass is 32.2. The molecule has 1 amide bonds. The molecule has 1 aromatic carbocycles. The molecule has 2 aromatic rings. The van der Waals surface area contributed by atoms with Crippen molar-refractivity contribution in [1.82, 2.24) is 15.3 Å². The largest absolute Gasteiger partial charge is 0.349 e. The Balaban J connectivity index is 2.00. The Bertz CT molecular complexity index is 731. The number of thioether (sulfide) groups is 1. The van der Waals surface area contributed by atoms with E-state index in [1.165, 1.54) is 17.8 Å². The number of H-pyrrole nitrogens is 1. The molecule has 0 radical (unpaired) electrons. The van der Waals surface area contributed by atoms with Crippen LogP contribution in [0.2, 0.25) is 0 Å². The van der Waals surface area contributed by atoms with Crippen molar-refractivity contribution in [3.05, 3.63) is 58.0 Å². The molecule has 6 heteroatoms. The molecule has 0 spiro atoms. The van der Waals surface area contributed by atoms with Gasteiger partial charge in [-0.1, -0.05) is 55.4 Å². The number of hydrogen-bond donors (Lipinski definition) is 2. The van der Waals surface area contributed by atoms with E-state index in [0.29, 0.717) is 5.16 Å². The fourth-order valence-electron chi connectivity index (χ4n) is 2.30. The molecular weight excluding hydrogens is 322 g/mol. The van der Waals surface area contributed by atoms with Crippen LogP contribution in [0.3, 0.4) is 0 Å². The van der Waals surface area contributed by atoms with Gasteiger partial charge < -0.3 is 10.3 Å². The van der Waals surface area contributed by atoms with Gasteiger partial charge in [-0.3, -0.25) is 9.59 Å². The van der Waals surface area contributed by atoms with Gasteiger partial charge >= 0.3 is 0 Å². The second-order valence-electron chi connectivity index (χ2n) is 5.69. The lowest BCUT2D eigenvalue weighted by atomic mass is 10.1. The normalized spacial score (nSPS) is 13.3. The first-order chi connectivity index (χ1) is 11.5. The molecule has 2 atom stereocenters. The van der Waals surface area contributed by atoms with Crippen molar-refractivity contribution < 1.29 is 4.79 Å². The van der Waals surface area contributed by atoms with Crippen LogP contribution in [0.5, 0.6) is 0 Å². The molecule has 0 saturated carbocycles. The van der Waals surface area contributed by atoms with E-state index in [4.69, 9.17) is 0 Å². The first-order valence-corrected chi connectivity index (χ1v) is 8.99. The number of carbonyl (C=O) groups excluding carboxylic acids is 1. The highest BCUT2D eigenvalue weighted by Gasteiger charge is 2.18. The molecule has 2 unspecified atom stereocenters. The zero-order valence-corrected chi connectivity index (χ0v) is 15.0. The average Bonchev–Trinajstić information content (AvgIpc) is 2.55. The van der Waals surface area contributed by atoms with E-state index in [1.807, 2.05) is 51.1 Å². The molecule has 0 fully saturated rings. The van der Waals surface area contributed by atoms with Gasteiger partial charge in [0.2, 0.25) is 5.91 Å². The first kappa shape index (κ1) is 18.3. The zero-order valence-electron chi connectivity index (χ0n) is 14.2. The minimum Gasteiger partial charge on any atom is -0.349 e. The molecule has 1 aromatic heterocycles. The van der Waals surface area contributed by atoms with Gasteiger partial charge in [0, 0.05) is 11.8 Å². The highest BCUT2D eigenvalue weighted by molar-refractivity contribution is 8.00. The van der Waals surface area contributed by atoms with Gasteiger partial charge in [-0.15, -0.1) is 0 Å². The monoisotopic (exact) mass is 345 g/mol. The summed E-state index contributed by atoms with van der Waals surface area (Å²) >= 11 is 1.26. The number of nitrogens with one attached hydrogen (secondary N) is 2. The molecule has 0 saturated heterocycles. The summed E-state index contributed by atoms with van der Waals surface area (Å²) in [6.07, 6.45) is 1.67. The van der Waals surface area contributed by atoms with E-state index < -0.39 is 0 Å². The van der Waals surface area contributed by atoms with Crippen LogP contribution in [0.25, 0.3) is 0 Å². The molecule has 0 aliphatic carbocycles. The standard InChI is InChI=1S/C18H23N3O2S/c1-4-8-15-11-16(22)21-18(20-15)24-13(3)17(23)19-12(2)14-9-6-5-7-10-14/h5-7,9-13H,4,8H2,1-3H3,(H,19,23)(H,20,21,22). The summed E-state index contributed by atoms with van der Waals surface area (Å²) in [5.41, 5.74) is 1.63. The van der Waals surface area contributed by atoms with Crippen LogP contribution in [-0.2, 0) is 11.2 Å². The van der Waals surface area contributed by atoms with Crippen molar-refractivity contribution in [2.24, 2.45) is 0 Å². The predicted molar refractivity (Wildman–Crippen MR) is 97.2 cm³/mol. The molecule has 1 heterocycles. The summed E-state index contributed by atoms with van der Waals surface area (Å²) in [6.45, 7) is 5.80. The minimum atomic E-state index is -0.351. The van der Waals surface area contributed by atoms with Gasteiger partial charge in [0.25, 0.3) is 5.56 Å². The fourth-order valence-corrected chi connectivity index (χ4v) is 3.14. The number of aromatic nitrogens is 2. The highest BCUT2D eigenvalue weighted by Crippen LogP contribution is 2.20. The predicted octanol–water partition coefficient (Wildman–Crippen LogP) is 3.08. The minimum absolute atomic E-state index is 0.0693. The average molecular weight is 345 g/mol. The first-order valence-electron chi connectivity index (χ1n) is 8.11. The zero-order chi connectivity index (χ0) is 17.5. The molecule has 5 nitrogen and oxygen atoms in total. The number of amides is 1. The van der Waals surface area contributed by atoms with Crippen molar-refractivity contribution in [2.75, 3.05) is 0 Å². The summed E-state index contributed by atoms with van der Waals surface area (Å²) in [5, 5.41) is 3.13. The number of rotatable bonds is 7. The summed E-state index contributed by atoms with van der Waals surface area (Å²) in [4.78, 5) is 31.2. The third-order valence-corrected chi connectivity index (χ3v) is 4.58. The number of nitrogens with zero attached hydrogens (tertiary/aromatic N) is 1. The van der Waals surface area contributed by atoms with E-state index in [9.17, 15) is 9.59 Å². The van der Waals surface area contributed by atoms with E-state index in [-0.39, 0.29) is 22.8 Å². The van der Waals surface area contributed by atoms with Crippen molar-refractivity contribution in [2.45, 2.75) is 50.1 Å². The van der Waals surface area contributed by atoms with Crippen molar-refractivity contribution in [3.63, 3.8) is 0 Å². The number of aryl methyl sites for hydroxylation is 1. The lowest BCUT2D eigenvalue weighted by Crippen LogP contribution is -2.33. The lowest BCUT2D eigenvalue weighted by molar-refractivity contribution is -0.120. The Hall–Kier alpha value is -2.08. The Morgan fingerprint density at radius 3 is 2.67 bits per heavy atom. The molecule has 0 aliphatic rings. The Kier molecular flexibility index (Phi) is 6.61. The number of benzene rings is 1. The third-order valence-electron chi connectivity index (χ3n) is 3.60. The van der Waals surface area contributed by atoms with Gasteiger partial charge in [-0.25, -0.2) is 4.98 Å². The van der Waals surface area contributed by atoms with E-state index in [0.717, 1.165) is 24.1 Å². The number of aromatic amines is 1. The molecule has 0 aliphatic heterocycles. The smallest absolute Gasteiger partial charge is 0.251 e. The SMILES string of the molecule is CCCc1cc(=O)[nH]c(SC(C)C(=O)NC(C)c2ccccc2)n1. The van der Waals surface area contributed by atoms with Crippen molar-refractivity contribution in [1.29, 1.82) is 0 Å². The number of hydrogen-bond acceptors (Lipinski definition) is 4. The van der Waals surface area contributed by atoms with Crippen LogP contribution < -0.4 is 10.9 Å². The molecule has 2 N–H and O–H groups in total. The molecule has 2 rings (SSSR count). The Labute approximate surface area is 146 Å². The van der Waals surface area contributed by atoms with Crippen LogP contribution in [0.4, 0.5) is 0 Å². The van der Waals surface area contributed by atoms with Gasteiger partial charge in [0.15, 0.2) is 5.16 Å². The van der Waals surface area contributed by atoms with Gasteiger partial charge in [-0.2, -0.15) is 0 Å². The van der Waals surface area contributed by atoms with Gasteiger partial charge in [0.05, 0.1) is 11.3 Å². The van der Waals surface area contributed by atoms with E-state index in [2.05, 4.69) is 15.3 Å². The number of carbonyl (C=O) groups is 1. The maximum absolute atomic E-state index is 12.4. The Morgan fingerprint density at radius 1 is 1.29 bits per heavy atom. The quantitative estimate of drug-likeness (QED) is 0.597. The molecule has 0 bridgehead atoms. The van der Waals surface area contributed by atoms with Crippen molar-refractivity contribution in [3.8, 4) is 0 Å². The summed E-state index contributed by atoms with van der Waals surface area (Å²) in [6, 6.07) is 11.2. The summed E-state index contributed by atoms with van der Waals surface area (Å²) in [5.74, 6) is -0.0834. The maximum Gasteiger partial charge on any atom is 0.251 e.